The van der Waals surface area contributed by atoms with Crippen LogP contribution in [0.2, 0.25) is 0 Å². The van der Waals surface area contributed by atoms with Gasteiger partial charge in [0.05, 0.1) is 6.21 Å². The molecule has 26 heavy (non-hydrogen) atoms. The van der Waals surface area contributed by atoms with Crippen LogP contribution in [0.1, 0.15) is 30.8 Å². The van der Waals surface area contributed by atoms with E-state index in [-0.39, 0.29) is 5.82 Å². The summed E-state index contributed by atoms with van der Waals surface area (Å²) in [6, 6.07) is 8.10. The lowest BCUT2D eigenvalue weighted by molar-refractivity contribution is -0.145. The zero-order valence-electron chi connectivity index (χ0n) is 15.4. The van der Waals surface area contributed by atoms with E-state index >= 15 is 0 Å². The molecule has 0 aliphatic rings. The van der Waals surface area contributed by atoms with Crippen molar-refractivity contribution in [3.8, 4) is 5.69 Å². The highest BCUT2D eigenvalue weighted by atomic mass is 19.1. The summed E-state index contributed by atoms with van der Waals surface area (Å²) in [5.41, 5.74) is 5.73. The van der Waals surface area contributed by atoms with E-state index < -0.39 is 11.8 Å². The smallest absolute Gasteiger partial charge is 0.329 e. The Kier molecular flexibility index (Phi) is 6.27. The van der Waals surface area contributed by atoms with Crippen LogP contribution in [0.3, 0.4) is 0 Å². The average Bonchev–Trinajstić information content (AvgIpc) is 2.90. The number of rotatable bonds is 5. The van der Waals surface area contributed by atoms with E-state index in [2.05, 4.69) is 10.5 Å². The molecule has 0 atom stereocenters. The minimum Gasteiger partial charge on any atom is -0.335 e. The first kappa shape index (κ1) is 19.4. The van der Waals surface area contributed by atoms with Gasteiger partial charge in [0.1, 0.15) is 5.82 Å². The summed E-state index contributed by atoms with van der Waals surface area (Å²) >= 11 is 0. The van der Waals surface area contributed by atoms with E-state index in [0.717, 1.165) is 22.6 Å². The summed E-state index contributed by atoms with van der Waals surface area (Å²) in [4.78, 5) is 25.2. The number of aryl methyl sites for hydroxylation is 1. The number of aromatic nitrogens is 1. The molecular formula is C19H23FN4O2. The Morgan fingerprint density at radius 2 is 1.81 bits per heavy atom. The zero-order valence-corrected chi connectivity index (χ0v) is 15.4. The molecule has 0 unspecified atom stereocenters. The van der Waals surface area contributed by atoms with Crippen LogP contribution in [-0.4, -0.2) is 40.6 Å². The third-order valence-electron chi connectivity index (χ3n) is 4.17. The standard InChI is InChI=1S/C19H23FN4O2/c1-5-23(6-2)19(26)18(25)22-21-12-15-11-13(3)24(14(15)4)17-9-7-16(20)8-10-17/h7-12H,5-6H2,1-4H3,(H,22,25)/b21-12-. The van der Waals surface area contributed by atoms with Crippen LogP contribution >= 0.6 is 0 Å². The summed E-state index contributed by atoms with van der Waals surface area (Å²) in [5, 5.41) is 3.89. The maximum absolute atomic E-state index is 13.1. The highest BCUT2D eigenvalue weighted by Crippen LogP contribution is 2.19. The highest BCUT2D eigenvalue weighted by Gasteiger charge is 2.18. The Balaban J connectivity index is 2.14. The number of hydrogen-bond donors (Lipinski definition) is 1. The minimum absolute atomic E-state index is 0.293. The first-order chi connectivity index (χ1) is 12.4. The predicted molar refractivity (Wildman–Crippen MR) is 98.9 cm³/mol. The van der Waals surface area contributed by atoms with Gasteiger partial charge in [-0.15, -0.1) is 0 Å². The van der Waals surface area contributed by atoms with Crippen molar-refractivity contribution in [3.05, 3.63) is 53.1 Å². The van der Waals surface area contributed by atoms with E-state index in [4.69, 9.17) is 0 Å². The summed E-state index contributed by atoms with van der Waals surface area (Å²) < 4.78 is 15.1. The van der Waals surface area contributed by atoms with E-state index in [1.165, 1.54) is 23.2 Å². The highest BCUT2D eigenvalue weighted by molar-refractivity contribution is 6.34. The van der Waals surface area contributed by atoms with Gasteiger partial charge >= 0.3 is 11.8 Å². The first-order valence-corrected chi connectivity index (χ1v) is 8.46. The summed E-state index contributed by atoms with van der Waals surface area (Å²) in [6.07, 6.45) is 1.50. The van der Waals surface area contributed by atoms with Gasteiger partial charge in [-0.2, -0.15) is 5.10 Å². The Morgan fingerprint density at radius 3 is 2.38 bits per heavy atom. The molecule has 2 aromatic rings. The maximum atomic E-state index is 13.1. The monoisotopic (exact) mass is 358 g/mol. The SMILES string of the molecule is CCN(CC)C(=O)C(=O)N/N=C\c1cc(C)n(-c2ccc(F)cc2)c1C. The second kappa shape index (κ2) is 8.42. The van der Waals surface area contributed by atoms with Crippen LogP contribution in [0.5, 0.6) is 0 Å². The van der Waals surface area contributed by atoms with Crippen LogP contribution < -0.4 is 5.43 Å². The Morgan fingerprint density at radius 1 is 1.19 bits per heavy atom. The number of carbonyl (C=O) groups is 2. The Hall–Kier alpha value is -2.96. The molecule has 7 heteroatoms. The maximum Gasteiger partial charge on any atom is 0.329 e. The van der Waals surface area contributed by atoms with Gasteiger partial charge in [0.2, 0.25) is 0 Å². The molecular weight excluding hydrogens is 335 g/mol. The topological polar surface area (TPSA) is 66.7 Å². The van der Waals surface area contributed by atoms with E-state index in [0.29, 0.717) is 13.1 Å². The van der Waals surface area contributed by atoms with Crippen molar-refractivity contribution >= 4 is 18.0 Å². The number of hydrogen-bond acceptors (Lipinski definition) is 3. The fraction of sp³-hybridized carbons (Fsp3) is 0.316. The average molecular weight is 358 g/mol. The fourth-order valence-electron chi connectivity index (χ4n) is 2.77. The van der Waals surface area contributed by atoms with Crippen LogP contribution in [0.4, 0.5) is 4.39 Å². The number of nitrogens with one attached hydrogen (secondary N) is 1. The molecule has 1 heterocycles. The zero-order chi connectivity index (χ0) is 19.3. The van der Waals surface area contributed by atoms with Gasteiger partial charge < -0.3 is 9.47 Å². The Labute approximate surface area is 152 Å². The van der Waals surface area contributed by atoms with Gasteiger partial charge in [0, 0.05) is 35.7 Å². The van der Waals surface area contributed by atoms with Gasteiger partial charge in [-0.25, -0.2) is 9.82 Å². The van der Waals surface area contributed by atoms with Gasteiger partial charge in [-0.3, -0.25) is 9.59 Å². The fourth-order valence-corrected chi connectivity index (χ4v) is 2.77. The molecule has 2 amide bonds. The number of carbonyl (C=O) groups excluding carboxylic acids is 2. The van der Waals surface area contributed by atoms with E-state index in [1.54, 1.807) is 12.1 Å². The van der Waals surface area contributed by atoms with Crippen molar-refractivity contribution in [3.63, 3.8) is 0 Å². The molecule has 138 valence electrons. The lowest BCUT2D eigenvalue weighted by Gasteiger charge is -2.16. The van der Waals surface area contributed by atoms with Crippen molar-refractivity contribution in [2.24, 2.45) is 5.10 Å². The quantitative estimate of drug-likeness (QED) is 0.507. The molecule has 0 aliphatic carbocycles. The van der Waals surface area contributed by atoms with Crippen molar-refractivity contribution in [1.29, 1.82) is 0 Å². The molecule has 1 aromatic heterocycles. The second-order valence-corrected chi connectivity index (χ2v) is 5.81. The van der Waals surface area contributed by atoms with E-state index in [9.17, 15) is 14.0 Å². The molecule has 1 N–H and O–H groups in total. The van der Waals surface area contributed by atoms with Crippen LogP contribution in [-0.2, 0) is 9.59 Å². The lowest BCUT2D eigenvalue weighted by Crippen LogP contribution is -2.41. The van der Waals surface area contributed by atoms with Crippen molar-refractivity contribution < 1.29 is 14.0 Å². The molecule has 6 nitrogen and oxygen atoms in total. The van der Waals surface area contributed by atoms with Crippen LogP contribution in [0.15, 0.2) is 35.4 Å². The molecule has 1 aromatic carbocycles. The largest absolute Gasteiger partial charge is 0.335 e. The van der Waals surface area contributed by atoms with Crippen LogP contribution in [0.25, 0.3) is 5.69 Å². The van der Waals surface area contributed by atoms with Gasteiger partial charge in [0.15, 0.2) is 0 Å². The lowest BCUT2D eigenvalue weighted by atomic mass is 10.2. The Bertz CT molecular complexity index is 821. The third-order valence-corrected chi connectivity index (χ3v) is 4.17. The number of nitrogens with zero attached hydrogens (tertiary/aromatic N) is 3. The molecule has 0 saturated heterocycles. The van der Waals surface area contributed by atoms with Crippen molar-refractivity contribution in [2.75, 3.05) is 13.1 Å². The first-order valence-electron chi connectivity index (χ1n) is 8.46. The van der Waals surface area contributed by atoms with Gasteiger partial charge in [-0.05, 0) is 58.0 Å². The predicted octanol–water partition coefficient (Wildman–Crippen LogP) is 2.55. The number of halogens is 1. The molecule has 0 bridgehead atoms. The van der Waals surface area contributed by atoms with E-state index in [1.807, 2.05) is 38.3 Å². The number of hydrazone groups is 1. The van der Waals surface area contributed by atoms with Gasteiger partial charge in [0.25, 0.3) is 0 Å². The molecule has 2 rings (SSSR count). The molecule has 0 spiro atoms. The summed E-state index contributed by atoms with van der Waals surface area (Å²) in [7, 11) is 0. The molecule has 0 aliphatic heterocycles. The molecule has 0 radical (unpaired) electrons. The third kappa shape index (κ3) is 4.17. The van der Waals surface area contributed by atoms with Gasteiger partial charge in [-0.1, -0.05) is 0 Å². The van der Waals surface area contributed by atoms with Crippen molar-refractivity contribution in [1.82, 2.24) is 14.9 Å². The van der Waals surface area contributed by atoms with Crippen LogP contribution in [0, 0.1) is 19.7 Å². The molecule has 0 fully saturated rings. The van der Waals surface area contributed by atoms with Crippen molar-refractivity contribution in [2.45, 2.75) is 27.7 Å². The summed E-state index contributed by atoms with van der Waals surface area (Å²) in [5.74, 6) is -1.67. The summed E-state index contributed by atoms with van der Waals surface area (Å²) in [6.45, 7) is 8.37. The normalized spacial score (nSPS) is 11.0. The number of amides is 2. The molecule has 0 saturated carbocycles. The minimum atomic E-state index is -0.766. The number of benzene rings is 1. The second-order valence-electron chi connectivity index (χ2n) is 5.81. The number of likely N-dealkylation sites (N-methyl/N-ethyl adjacent to an activating group) is 1.